The highest BCUT2D eigenvalue weighted by Gasteiger charge is 2.26. The lowest BCUT2D eigenvalue weighted by atomic mass is 10.1. The summed E-state index contributed by atoms with van der Waals surface area (Å²) in [6.45, 7) is 5.53. The molecule has 0 saturated carbocycles. The summed E-state index contributed by atoms with van der Waals surface area (Å²) in [6, 6.07) is 4.12. The van der Waals surface area contributed by atoms with E-state index in [1.165, 1.54) is 0 Å². The summed E-state index contributed by atoms with van der Waals surface area (Å²) in [5.74, 6) is 1.23. The Hall–Kier alpha value is -2.55. The van der Waals surface area contributed by atoms with Crippen LogP contribution in [0.4, 0.5) is 0 Å². The summed E-state index contributed by atoms with van der Waals surface area (Å²) in [4.78, 5) is 20.8. The molecule has 0 aliphatic carbocycles. The van der Waals surface area contributed by atoms with Crippen molar-refractivity contribution >= 4 is 17.2 Å². The number of hydrogen-bond donors (Lipinski definition) is 0. The Morgan fingerprint density at radius 3 is 2.85 bits per heavy atom. The van der Waals surface area contributed by atoms with E-state index >= 15 is 0 Å². The molecule has 1 fully saturated rings. The minimum Gasteiger partial charge on any atom is -0.338 e. The van der Waals surface area contributed by atoms with Crippen LogP contribution in [-0.2, 0) is 6.42 Å². The van der Waals surface area contributed by atoms with Crippen molar-refractivity contribution in [3.63, 3.8) is 0 Å². The maximum Gasteiger partial charge on any atom is 0.280 e. The van der Waals surface area contributed by atoms with E-state index in [9.17, 15) is 4.79 Å². The van der Waals surface area contributed by atoms with Gasteiger partial charge in [0.1, 0.15) is 0 Å². The van der Waals surface area contributed by atoms with Crippen molar-refractivity contribution in [2.24, 2.45) is 0 Å². The van der Waals surface area contributed by atoms with Crippen LogP contribution >= 0.6 is 11.3 Å². The number of rotatable bonds is 5. The Balaban J connectivity index is 1.38. The molecule has 1 saturated heterocycles. The number of carbonyl (C=O) groups is 1. The normalized spacial score (nSPS) is 15.4. The molecule has 1 aliphatic rings. The average Bonchev–Trinajstić information content (AvgIpc) is 3.42. The molecule has 1 amide bonds. The van der Waals surface area contributed by atoms with E-state index < -0.39 is 0 Å². The Morgan fingerprint density at radius 2 is 2.15 bits per heavy atom. The summed E-state index contributed by atoms with van der Waals surface area (Å²) < 4.78 is 7.13. The molecule has 0 radical (unpaired) electrons. The lowest BCUT2D eigenvalue weighted by Crippen LogP contribution is -2.38. The molecule has 8 nitrogen and oxygen atoms in total. The van der Waals surface area contributed by atoms with Crippen molar-refractivity contribution in [3.05, 3.63) is 33.9 Å². The molecule has 3 aromatic heterocycles. The zero-order chi connectivity index (χ0) is 18.8. The van der Waals surface area contributed by atoms with Crippen molar-refractivity contribution in [3.8, 4) is 11.6 Å². The fraction of sp³-hybridized carbons (Fsp3) is 0.500. The second-order valence-corrected chi connectivity index (χ2v) is 8.07. The maximum absolute atomic E-state index is 12.6. The Labute approximate surface area is 161 Å². The SMILES string of the molecule is CCCc1noc(-c2cn(C3CCN(C(=O)c4ccc(C)s4)CC3)nn2)n1. The Kier molecular flexibility index (Phi) is 5.02. The molecule has 0 spiro atoms. The quantitative estimate of drug-likeness (QED) is 0.669. The predicted octanol–water partition coefficient (Wildman–Crippen LogP) is 3.13. The van der Waals surface area contributed by atoms with Crippen LogP contribution in [0.1, 0.15) is 52.6 Å². The second-order valence-electron chi connectivity index (χ2n) is 6.78. The van der Waals surface area contributed by atoms with E-state index in [0.717, 1.165) is 48.5 Å². The van der Waals surface area contributed by atoms with Gasteiger partial charge in [-0.3, -0.25) is 4.79 Å². The van der Waals surface area contributed by atoms with Crippen LogP contribution < -0.4 is 0 Å². The number of hydrogen-bond acceptors (Lipinski definition) is 7. The van der Waals surface area contributed by atoms with Gasteiger partial charge in [-0.05, 0) is 38.3 Å². The highest BCUT2D eigenvalue weighted by atomic mass is 32.1. The lowest BCUT2D eigenvalue weighted by molar-refractivity contribution is 0.0694. The van der Waals surface area contributed by atoms with Crippen LogP contribution in [0.25, 0.3) is 11.6 Å². The van der Waals surface area contributed by atoms with Crippen LogP contribution in [0, 0.1) is 6.92 Å². The fourth-order valence-corrected chi connectivity index (χ4v) is 4.11. The molecule has 1 aliphatic heterocycles. The number of piperidine rings is 1. The number of amides is 1. The zero-order valence-corrected chi connectivity index (χ0v) is 16.3. The van der Waals surface area contributed by atoms with Gasteiger partial charge >= 0.3 is 0 Å². The van der Waals surface area contributed by atoms with Crippen molar-refractivity contribution in [2.45, 2.75) is 45.6 Å². The van der Waals surface area contributed by atoms with E-state index in [4.69, 9.17) is 4.52 Å². The van der Waals surface area contributed by atoms with E-state index in [1.807, 2.05) is 34.8 Å². The van der Waals surface area contributed by atoms with Crippen molar-refractivity contribution in [2.75, 3.05) is 13.1 Å². The van der Waals surface area contributed by atoms with Crippen LogP contribution in [0.5, 0.6) is 0 Å². The Bertz CT molecular complexity index is 922. The number of thiophene rings is 1. The monoisotopic (exact) mass is 386 g/mol. The van der Waals surface area contributed by atoms with E-state index in [0.29, 0.717) is 17.4 Å². The van der Waals surface area contributed by atoms with Crippen LogP contribution in [0.2, 0.25) is 0 Å². The highest BCUT2D eigenvalue weighted by Crippen LogP contribution is 2.26. The van der Waals surface area contributed by atoms with Gasteiger partial charge < -0.3 is 9.42 Å². The molecule has 0 aromatic carbocycles. The third kappa shape index (κ3) is 3.78. The third-order valence-corrected chi connectivity index (χ3v) is 5.74. The number of likely N-dealkylation sites (tertiary alicyclic amines) is 1. The first-order chi connectivity index (χ1) is 13.1. The van der Waals surface area contributed by atoms with Gasteiger partial charge in [0.05, 0.1) is 17.1 Å². The van der Waals surface area contributed by atoms with E-state index in [2.05, 4.69) is 27.4 Å². The summed E-state index contributed by atoms with van der Waals surface area (Å²) in [5.41, 5.74) is 0.595. The van der Waals surface area contributed by atoms with Gasteiger partial charge in [-0.2, -0.15) is 4.98 Å². The lowest BCUT2D eigenvalue weighted by Gasteiger charge is -2.31. The van der Waals surface area contributed by atoms with Gasteiger partial charge in [0, 0.05) is 24.4 Å². The summed E-state index contributed by atoms with van der Waals surface area (Å²) >= 11 is 1.55. The van der Waals surface area contributed by atoms with Crippen molar-refractivity contribution < 1.29 is 9.32 Å². The predicted molar refractivity (Wildman–Crippen MR) is 101 cm³/mol. The van der Waals surface area contributed by atoms with Crippen LogP contribution in [-0.4, -0.2) is 49.0 Å². The fourth-order valence-electron chi connectivity index (χ4n) is 3.28. The molecule has 9 heteroatoms. The number of nitrogens with zero attached hydrogens (tertiary/aromatic N) is 6. The molecular weight excluding hydrogens is 364 g/mol. The molecule has 0 unspecified atom stereocenters. The van der Waals surface area contributed by atoms with Gasteiger partial charge in [0.25, 0.3) is 11.8 Å². The van der Waals surface area contributed by atoms with Crippen LogP contribution in [0.3, 0.4) is 0 Å². The summed E-state index contributed by atoms with van der Waals surface area (Å²) in [5, 5.41) is 12.4. The first kappa shape index (κ1) is 17.8. The standard InChI is InChI=1S/C18H22N6O2S/c1-3-4-16-19-17(26-21-16)14-11-24(22-20-14)13-7-9-23(10-8-13)18(25)15-6-5-12(2)27-15/h5-6,11,13H,3-4,7-10H2,1-2H3. The minimum atomic E-state index is 0.125. The molecular formula is C18H22N6O2S. The van der Waals surface area contributed by atoms with E-state index in [-0.39, 0.29) is 11.9 Å². The van der Waals surface area contributed by atoms with Gasteiger partial charge in [-0.1, -0.05) is 17.3 Å². The molecule has 0 atom stereocenters. The molecule has 27 heavy (non-hydrogen) atoms. The topological polar surface area (TPSA) is 89.9 Å². The van der Waals surface area contributed by atoms with E-state index in [1.54, 1.807) is 11.3 Å². The molecule has 4 rings (SSSR count). The largest absolute Gasteiger partial charge is 0.338 e. The smallest absolute Gasteiger partial charge is 0.280 e. The second kappa shape index (κ2) is 7.59. The third-order valence-electron chi connectivity index (χ3n) is 4.75. The molecule has 0 bridgehead atoms. The zero-order valence-electron chi connectivity index (χ0n) is 15.5. The summed E-state index contributed by atoms with van der Waals surface area (Å²) in [7, 11) is 0. The number of carbonyl (C=O) groups excluding carboxylic acids is 1. The average molecular weight is 386 g/mol. The number of aromatic nitrogens is 5. The first-order valence-corrected chi connectivity index (χ1v) is 10.1. The van der Waals surface area contributed by atoms with Gasteiger partial charge in [0.2, 0.25) is 0 Å². The van der Waals surface area contributed by atoms with Gasteiger partial charge in [0.15, 0.2) is 11.5 Å². The Morgan fingerprint density at radius 1 is 1.33 bits per heavy atom. The molecule has 4 heterocycles. The minimum absolute atomic E-state index is 0.125. The highest BCUT2D eigenvalue weighted by molar-refractivity contribution is 7.13. The first-order valence-electron chi connectivity index (χ1n) is 9.24. The molecule has 0 N–H and O–H groups in total. The molecule has 3 aromatic rings. The van der Waals surface area contributed by atoms with Gasteiger partial charge in [-0.25, -0.2) is 4.68 Å². The van der Waals surface area contributed by atoms with Crippen LogP contribution in [0.15, 0.2) is 22.9 Å². The molecule has 142 valence electrons. The maximum atomic E-state index is 12.6. The summed E-state index contributed by atoms with van der Waals surface area (Å²) in [6.07, 6.45) is 5.31. The van der Waals surface area contributed by atoms with Crippen molar-refractivity contribution in [1.29, 1.82) is 0 Å². The number of aryl methyl sites for hydroxylation is 2. The van der Waals surface area contributed by atoms with Crippen molar-refractivity contribution in [1.82, 2.24) is 30.0 Å². The van der Waals surface area contributed by atoms with Gasteiger partial charge in [-0.15, -0.1) is 16.4 Å².